The minimum absolute atomic E-state index is 0.0512. The quantitative estimate of drug-likeness (QED) is 0.390. The van der Waals surface area contributed by atoms with Crippen LogP contribution >= 0.6 is 0 Å². The summed E-state index contributed by atoms with van der Waals surface area (Å²) < 4.78 is 6.11. The van der Waals surface area contributed by atoms with Crippen LogP contribution in [0.15, 0.2) is 29.3 Å². The van der Waals surface area contributed by atoms with Crippen molar-refractivity contribution < 1.29 is 9.53 Å². The average Bonchev–Trinajstić information content (AvgIpc) is 2.62. The van der Waals surface area contributed by atoms with E-state index in [1.165, 1.54) is 17.5 Å². The normalized spacial score (nSPS) is 17.2. The van der Waals surface area contributed by atoms with Gasteiger partial charge in [-0.05, 0) is 57.6 Å². The molecule has 150 valence electrons. The number of rotatable bonds is 7. The minimum Gasteiger partial charge on any atom is -0.373 e. The van der Waals surface area contributed by atoms with E-state index >= 15 is 0 Å². The molecule has 0 saturated carbocycles. The summed E-state index contributed by atoms with van der Waals surface area (Å²) in [6, 6.07) is 8.59. The maximum Gasteiger partial charge on any atom is 0.239 e. The molecule has 0 fully saturated rings. The number of nitrogens with one attached hydrogen (secondary N) is 3. The molecule has 1 unspecified atom stereocenters. The number of carbonyl (C=O) groups is 1. The molecular weight excluding hydrogens is 340 g/mol. The lowest BCUT2D eigenvalue weighted by atomic mass is 9.89. The summed E-state index contributed by atoms with van der Waals surface area (Å²) in [4.78, 5) is 16.0. The third-order valence-corrected chi connectivity index (χ3v) is 4.40. The van der Waals surface area contributed by atoms with E-state index in [2.05, 4.69) is 45.2 Å². The van der Waals surface area contributed by atoms with E-state index in [4.69, 9.17) is 4.74 Å². The molecule has 6 heteroatoms. The van der Waals surface area contributed by atoms with E-state index in [0.717, 1.165) is 25.8 Å². The van der Waals surface area contributed by atoms with Gasteiger partial charge in [-0.1, -0.05) is 24.3 Å². The van der Waals surface area contributed by atoms with E-state index in [9.17, 15) is 4.79 Å². The number of ether oxygens (including phenoxy) is 1. The molecule has 6 nitrogen and oxygen atoms in total. The van der Waals surface area contributed by atoms with Crippen LogP contribution in [0.3, 0.4) is 0 Å². The Morgan fingerprint density at radius 2 is 2.04 bits per heavy atom. The summed E-state index contributed by atoms with van der Waals surface area (Å²) in [6.45, 7) is 7.53. The van der Waals surface area contributed by atoms with Crippen LogP contribution in [0.5, 0.6) is 0 Å². The van der Waals surface area contributed by atoms with Crippen molar-refractivity contribution in [1.82, 2.24) is 16.0 Å². The van der Waals surface area contributed by atoms with Crippen molar-refractivity contribution in [2.24, 2.45) is 4.99 Å². The average molecular weight is 375 g/mol. The molecule has 0 bridgehead atoms. The second-order valence-corrected chi connectivity index (χ2v) is 7.95. The predicted octanol–water partition coefficient (Wildman–Crippen LogP) is 2.55. The number of aliphatic imine (C=N–C) groups is 1. The smallest absolute Gasteiger partial charge is 0.239 e. The molecule has 1 amide bonds. The van der Waals surface area contributed by atoms with Gasteiger partial charge in [0.1, 0.15) is 0 Å². The third kappa shape index (κ3) is 7.59. The maximum atomic E-state index is 11.9. The Morgan fingerprint density at radius 1 is 1.26 bits per heavy atom. The second kappa shape index (κ2) is 10.3. The molecule has 1 atom stereocenters. The highest BCUT2D eigenvalue weighted by molar-refractivity contribution is 5.86. The number of benzene rings is 1. The minimum atomic E-state index is -0.231. The molecule has 0 spiro atoms. The van der Waals surface area contributed by atoms with Gasteiger partial charge < -0.3 is 20.7 Å². The van der Waals surface area contributed by atoms with Crippen molar-refractivity contribution >= 4 is 11.9 Å². The number of guanidine groups is 1. The van der Waals surface area contributed by atoms with Crippen LogP contribution in [0.1, 0.15) is 57.3 Å². The van der Waals surface area contributed by atoms with Gasteiger partial charge in [-0.2, -0.15) is 0 Å². The highest BCUT2D eigenvalue weighted by atomic mass is 16.5. The maximum absolute atomic E-state index is 11.9. The zero-order chi connectivity index (χ0) is 19.7. The lowest BCUT2D eigenvalue weighted by Gasteiger charge is -2.25. The Morgan fingerprint density at radius 3 is 2.78 bits per heavy atom. The number of nitrogens with zero attached hydrogens (tertiary/aromatic N) is 1. The molecule has 27 heavy (non-hydrogen) atoms. The largest absolute Gasteiger partial charge is 0.373 e. The number of aryl methyl sites for hydroxylation is 1. The molecule has 0 aromatic heterocycles. The van der Waals surface area contributed by atoms with Crippen LogP contribution in [0.4, 0.5) is 0 Å². The molecule has 1 aliphatic rings. The first-order valence-electron chi connectivity index (χ1n) is 9.84. The van der Waals surface area contributed by atoms with Crippen molar-refractivity contribution in [3.63, 3.8) is 0 Å². The molecule has 1 aromatic carbocycles. The van der Waals surface area contributed by atoms with Gasteiger partial charge in [0.2, 0.25) is 5.91 Å². The fourth-order valence-electron chi connectivity index (χ4n) is 3.23. The van der Waals surface area contributed by atoms with Crippen LogP contribution in [0, 0.1) is 0 Å². The van der Waals surface area contributed by atoms with Gasteiger partial charge in [0.15, 0.2) is 5.96 Å². The Bertz CT molecular complexity index is 637. The lowest BCUT2D eigenvalue weighted by Crippen LogP contribution is -2.48. The summed E-state index contributed by atoms with van der Waals surface area (Å²) in [5, 5.41) is 9.17. The number of carbonyl (C=O) groups excluding carboxylic acids is 1. The van der Waals surface area contributed by atoms with Gasteiger partial charge in [-0.3, -0.25) is 9.79 Å². The van der Waals surface area contributed by atoms with Crippen molar-refractivity contribution in [2.75, 3.05) is 26.7 Å². The third-order valence-electron chi connectivity index (χ3n) is 4.40. The van der Waals surface area contributed by atoms with E-state index in [-0.39, 0.29) is 24.1 Å². The first-order chi connectivity index (χ1) is 12.9. The monoisotopic (exact) mass is 374 g/mol. The van der Waals surface area contributed by atoms with Gasteiger partial charge in [0.25, 0.3) is 0 Å². The zero-order valence-electron chi connectivity index (χ0n) is 17.1. The summed E-state index contributed by atoms with van der Waals surface area (Å²) >= 11 is 0. The van der Waals surface area contributed by atoms with Gasteiger partial charge >= 0.3 is 0 Å². The number of hydrogen-bond acceptors (Lipinski definition) is 3. The Labute approximate surface area is 163 Å². The molecule has 0 saturated heterocycles. The summed E-state index contributed by atoms with van der Waals surface area (Å²) in [5.41, 5.74) is 2.54. The van der Waals surface area contributed by atoms with E-state index in [1.807, 2.05) is 20.8 Å². The molecular formula is C21H34N4O2. The molecule has 2 rings (SSSR count). The van der Waals surface area contributed by atoms with Gasteiger partial charge in [0, 0.05) is 25.7 Å². The first kappa shape index (κ1) is 21.2. The number of hydrogen-bond donors (Lipinski definition) is 3. The van der Waals surface area contributed by atoms with Gasteiger partial charge in [-0.25, -0.2) is 0 Å². The Kier molecular flexibility index (Phi) is 8.10. The van der Waals surface area contributed by atoms with Crippen molar-refractivity contribution in [2.45, 2.75) is 58.1 Å². The molecule has 0 radical (unpaired) electrons. The van der Waals surface area contributed by atoms with Crippen molar-refractivity contribution in [1.29, 1.82) is 0 Å². The van der Waals surface area contributed by atoms with E-state index in [1.54, 1.807) is 7.05 Å². The summed E-state index contributed by atoms with van der Waals surface area (Å²) in [7, 11) is 1.70. The molecule has 1 aliphatic carbocycles. The predicted molar refractivity (Wildman–Crippen MR) is 110 cm³/mol. The second-order valence-electron chi connectivity index (χ2n) is 7.95. The highest BCUT2D eigenvalue weighted by Gasteiger charge is 2.19. The molecule has 3 N–H and O–H groups in total. The Balaban J connectivity index is 1.64. The highest BCUT2D eigenvalue weighted by Crippen LogP contribution is 2.32. The van der Waals surface area contributed by atoms with Crippen LogP contribution in [-0.4, -0.2) is 44.1 Å². The Hall–Kier alpha value is -2.08. The lowest BCUT2D eigenvalue weighted by molar-refractivity contribution is -0.121. The van der Waals surface area contributed by atoms with Crippen LogP contribution in [0.2, 0.25) is 0 Å². The molecule has 0 aliphatic heterocycles. The summed E-state index contributed by atoms with van der Waals surface area (Å²) in [6.07, 6.45) is 4.54. The van der Waals surface area contributed by atoms with E-state index < -0.39 is 0 Å². The first-order valence-corrected chi connectivity index (χ1v) is 9.84. The fourth-order valence-corrected chi connectivity index (χ4v) is 3.23. The number of amides is 1. The molecule has 0 heterocycles. The topological polar surface area (TPSA) is 74.8 Å². The van der Waals surface area contributed by atoms with Gasteiger partial charge in [0.05, 0.1) is 12.6 Å². The number of fused-ring (bicyclic) bond motifs is 1. The fraction of sp³-hybridized carbons (Fsp3) is 0.619. The molecule has 1 aromatic rings. The van der Waals surface area contributed by atoms with Gasteiger partial charge in [-0.15, -0.1) is 0 Å². The van der Waals surface area contributed by atoms with Crippen molar-refractivity contribution in [3.8, 4) is 0 Å². The summed E-state index contributed by atoms with van der Waals surface area (Å²) in [5.74, 6) is 0.576. The van der Waals surface area contributed by atoms with E-state index in [0.29, 0.717) is 12.6 Å². The SMILES string of the molecule is CN=C(NCCCOC1CCCc2ccccc21)NCC(=O)NC(C)(C)C. The standard InChI is InChI=1S/C21H34N4O2/c1-21(2,3)25-19(26)15-24-20(22-4)23-13-8-14-27-18-12-7-10-16-9-5-6-11-17(16)18/h5-6,9,11,18H,7-8,10,12-15H2,1-4H3,(H,25,26)(H2,22,23,24). The van der Waals surface area contributed by atoms with Crippen LogP contribution < -0.4 is 16.0 Å². The van der Waals surface area contributed by atoms with Crippen LogP contribution in [0.25, 0.3) is 0 Å². The van der Waals surface area contributed by atoms with Crippen LogP contribution in [-0.2, 0) is 16.0 Å². The zero-order valence-corrected chi connectivity index (χ0v) is 17.1. The van der Waals surface area contributed by atoms with Crippen molar-refractivity contribution in [3.05, 3.63) is 35.4 Å².